The first kappa shape index (κ1) is 19.5. The number of aryl methyl sites for hydroxylation is 2. The number of benzene rings is 2. The molecule has 2 heterocycles. The SMILES string of the molecule is Cc1cc(-c2ccc3c(cnn3C)c2)ccc1CC1(CNC(=O)c2cccnc2)CC1. The minimum Gasteiger partial charge on any atom is -0.351 e. The first-order chi connectivity index (χ1) is 15.0. The van der Waals surface area contributed by atoms with Crippen LogP contribution in [0.2, 0.25) is 0 Å². The summed E-state index contributed by atoms with van der Waals surface area (Å²) in [5.74, 6) is -0.0442. The largest absolute Gasteiger partial charge is 0.351 e. The average Bonchev–Trinajstić information content (AvgIpc) is 3.47. The van der Waals surface area contributed by atoms with Crippen LogP contribution in [0.5, 0.6) is 0 Å². The van der Waals surface area contributed by atoms with Crippen LogP contribution in [0.1, 0.15) is 34.3 Å². The second-order valence-corrected chi connectivity index (χ2v) is 8.78. The molecular weight excluding hydrogens is 384 g/mol. The van der Waals surface area contributed by atoms with Crippen molar-refractivity contribution in [1.29, 1.82) is 0 Å². The predicted octanol–water partition coefficient (Wildman–Crippen LogP) is 4.70. The normalized spacial score (nSPS) is 14.5. The topological polar surface area (TPSA) is 59.8 Å². The number of nitrogens with one attached hydrogen (secondary N) is 1. The zero-order valence-corrected chi connectivity index (χ0v) is 17.9. The van der Waals surface area contributed by atoms with E-state index in [1.165, 1.54) is 22.3 Å². The Bertz CT molecular complexity index is 1260. The lowest BCUT2D eigenvalue weighted by Crippen LogP contribution is -2.31. The quantitative estimate of drug-likeness (QED) is 0.501. The van der Waals surface area contributed by atoms with Crippen LogP contribution in [0.15, 0.2) is 67.1 Å². The Morgan fingerprint density at radius 2 is 1.90 bits per heavy atom. The van der Waals surface area contributed by atoms with Crippen molar-refractivity contribution in [2.45, 2.75) is 26.2 Å². The Balaban J connectivity index is 1.29. The molecule has 1 saturated carbocycles. The molecule has 0 unspecified atom stereocenters. The molecule has 0 atom stereocenters. The highest BCUT2D eigenvalue weighted by atomic mass is 16.1. The molecule has 0 aliphatic heterocycles. The van der Waals surface area contributed by atoms with Crippen LogP contribution in [-0.2, 0) is 13.5 Å². The average molecular weight is 411 g/mol. The van der Waals surface area contributed by atoms with Gasteiger partial charge in [-0.3, -0.25) is 14.5 Å². The van der Waals surface area contributed by atoms with E-state index in [9.17, 15) is 4.79 Å². The maximum Gasteiger partial charge on any atom is 0.252 e. The van der Waals surface area contributed by atoms with E-state index in [-0.39, 0.29) is 11.3 Å². The molecule has 2 aromatic heterocycles. The number of amides is 1. The van der Waals surface area contributed by atoms with Crippen molar-refractivity contribution in [3.63, 3.8) is 0 Å². The molecule has 1 fully saturated rings. The molecular formula is C26H26N4O. The lowest BCUT2D eigenvalue weighted by Gasteiger charge is -2.18. The van der Waals surface area contributed by atoms with Crippen molar-refractivity contribution < 1.29 is 4.79 Å². The lowest BCUT2D eigenvalue weighted by molar-refractivity contribution is 0.0944. The summed E-state index contributed by atoms with van der Waals surface area (Å²) in [7, 11) is 1.97. The summed E-state index contributed by atoms with van der Waals surface area (Å²) in [6, 6.07) is 16.8. The Morgan fingerprint density at radius 1 is 1.10 bits per heavy atom. The highest BCUT2D eigenvalue weighted by Crippen LogP contribution is 2.48. The fraction of sp³-hybridized carbons (Fsp3) is 0.269. The minimum atomic E-state index is -0.0442. The highest BCUT2D eigenvalue weighted by molar-refractivity contribution is 5.93. The molecule has 0 spiro atoms. The molecule has 0 bridgehead atoms. The monoisotopic (exact) mass is 410 g/mol. The second kappa shape index (κ2) is 7.65. The van der Waals surface area contributed by atoms with Gasteiger partial charge in [-0.1, -0.05) is 24.3 Å². The van der Waals surface area contributed by atoms with Crippen molar-refractivity contribution in [3.05, 3.63) is 83.8 Å². The maximum absolute atomic E-state index is 12.4. The van der Waals surface area contributed by atoms with Crippen LogP contribution < -0.4 is 5.32 Å². The van der Waals surface area contributed by atoms with Gasteiger partial charge in [-0.25, -0.2) is 0 Å². The van der Waals surface area contributed by atoms with E-state index in [2.05, 4.69) is 58.7 Å². The number of rotatable bonds is 6. The van der Waals surface area contributed by atoms with Gasteiger partial charge in [-0.2, -0.15) is 5.10 Å². The number of carbonyl (C=O) groups is 1. The molecule has 0 radical (unpaired) electrons. The molecule has 4 aromatic rings. The van der Waals surface area contributed by atoms with Crippen LogP contribution in [0.25, 0.3) is 22.0 Å². The number of aromatic nitrogens is 3. The fourth-order valence-electron chi connectivity index (χ4n) is 4.28. The smallest absolute Gasteiger partial charge is 0.252 e. The fourth-order valence-corrected chi connectivity index (χ4v) is 4.28. The van der Waals surface area contributed by atoms with Gasteiger partial charge in [0.15, 0.2) is 0 Å². The lowest BCUT2D eigenvalue weighted by atomic mass is 9.91. The highest BCUT2D eigenvalue weighted by Gasteiger charge is 2.42. The van der Waals surface area contributed by atoms with E-state index in [1.807, 2.05) is 17.9 Å². The van der Waals surface area contributed by atoms with Crippen LogP contribution in [-0.4, -0.2) is 27.2 Å². The van der Waals surface area contributed by atoms with E-state index in [4.69, 9.17) is 0 Å². The molecule has 1 aliphatic carbocycles. The number of hydrogen-bond acceptors (Lipinski definition) is 3. The van der Waals surface area contributed by atoms with Crippen LogP contribution in [0, 0.1) is 12.3 Å². The van der Waals surface area contributed by atoms with Crippen LogP contribution in [0.4, 0.5) is 0 Å². The predicted molar refractivity (Wildman–Crippen MR) is 123 cm³/mol. The molecule has 31 heavy (non-hydrogen) atoms. The standard InChI is InChI=1S/C26H26N4O/c1-18-12-19(20-7-8-24-23(13-20)16-29-30(24)2)5-6-21(18)14-26(9-10-26)17-28-25(31)22-4-3-11-27-15-22/h3-8,11-13,15-16H,9-10,14,17H2,1-2H3,(H,28,31). The summed E-state index contributed by atoms with van der Waals surface area (Å²) < 4.78 is 1.90. The van der Waals surface area contributed by atoms with Crippen molar-refractivity contribution in [1.82, 2.24) is 20.1 Å². The van der Waals surface area contributed by atoms with E-state index in [1.54, 1.807) is 24.5 Å². The summed E-state index contributed by atoms with van der Waals surface area (Å²) in [5, 5.41) is 8.61. The number of pyridine rings is 1. The van der Waals surface area contributed by atoms with Gasteiger partial charge >= 0.3 is 0 Å². The zero-order chi connectivity index (χ0) is 21.4. The Morgan fingerprint density at radius 3 is 2.65 bits per heavy atom. The molecule has 1 aliphatic rings. The first-order valence-corrected chi connectivity index (χ1v) is 10.7. The van der Waals surface area contributed by atoms with Gasteiger partial charge in [0.1, 0.15) is 0 Å². The van der Waals surface area contributed by atoms with Gasteiger partial charge in [-0.15, -0.1) is 0 Å². The summed E-state index contributed by atoms with van der Waals surface area (Å²) in [5.41, 5.74) is 7.03. The molecule has 5 rings (SSSR count). The van der Waals surface area contributed by atoms with E-state index in [0.717, 1.165) is 30.2 Å². The molecule has 0 saturated heterocycles. The van der Waals surface area contributed by atoms with Gasteiger partial charge in [0.05, 0.1) is 17.3 Å². The number of carbonyl (C=O) groups excluding carboxylic acids is 1. The molecule has 1 amide bonds. The molecule has 5 heteroatoms. The van der Waals surface area contributed by atoms with Gasteiger partial charge in [-0.05, 0) is 78.1 Å². The van der Waals surface area contributed by atoms with Crippen molar-refractivity contribution in [2.75, 3.05) is 6.54 Å². The van der Waals surface area contributed by atoms with Crippen molar-refractivity contribution in [3.8, 4) is 11.1 Å². The van der Waals surface area contributed by atoms with Gasteiger partial charge in [0.25, 0.3) is 5.91 Å². The van der Waals surface area contributed by atoms with Gasteiger partial charge in [0.2, 0.25) is 0 Å². The van der Waals surface area contributed by atoms with Crippen LogP contribution >= 0.6 is 0 Å². The second-order valence-electron chi connectivity index (χ2n) is 8.78. The van der Waals surface area contributed by atoms with E-state index < -0.39 is 0 Å². The first-order valence-electron chi connectivity index (χ1n) is 10.7. The molecule has 156 valence electrons. The van der Waals surface area contributed by atoms with Crippen molar-refractivity contribution in [2.24, 2.45) is 12.5 Å². The van der Waals surface area contributed by atoms with Crippen molar-refractivity contribution >= 4 is 16.8 Å². The Hall–Kier alpha value is -3.47. The third kappa shape index (κ3) is 3.96. The van der Waals surface area contributed by atoms with E-state index in [0.29, 0.717) is 12.1 Å². The Kier molecular flexibility index (Phi) is 4.81. The van der Waals surface area contributed by atoms with Crippen LogP contribution in [0.3, 0.4) is 0 Å². The molecule has 5 nitrogen and oxygen atoms in total. The van der Waals surface area contributed by atoms with E-state index >= 15 is 0 Å². The molecule has 1 N–H and O–H groups in total. The number of nitrogens with zero attached hydrogens (tertiary/aromatic N) is 3. The van der Waals surface area contributed by atoms with Gasteiger partial charge < -0.3 is 5.32 Å². The summed E-state index contributed by atoms with van der Waals surface area (Å²) in [4.78, 5) is 16.4. The third-order valence-electron chi connectivity index (χ3n) is 6.49. The third-order valence-corrected chi connectivity index (χ3v) is 6.49. The zero-order valence-electron chi connectivity index (χ0n) is 17.9. The summed E-state index contributed by atoms with van der Waals surface area (Å²) >= 11 is 0. The number of hydrogen-bond donors (Lipinski definition) is 1. The maximum atomic E-state index is 12.4. The summed E-state index contributed by atoms with van der Waals surface area (Å²) in [6.45, 7) is 2.89. The summed E-state index contributed by atoms with van der Waals surface area (Å²) in [6.07, 6.45) is 8.50. The minimum absolute atomic E-state index is 0.0442. The molecule has 2 aromatic carbocycles. The number of fused-ring (bicyclic) bond motifs is 1. The van der Waals surface area contributed by atoms with Gasteiger partial charge in [0, 0.05) is 31.4 Å². The Labute approximate surface area is 182 Å².